The van der Waals surface area contributed by atoms with Crippen molar-refractivity contribution in [2.24, 2.45) is 14.1 Å². The van der Waals surface area contributed by atoms with E-state index in [9.17, 15) is 14.4 Å². The predicted octanol–water partition coefficient (Wildman–Crippen LogP) is 1.69. The van der Waals surface area contributed by atoms with Crippen molar-refractivity contribution in [1.29, 1.82) is 0 Å². The summed E-state index contributed by atoms with van der Waals surface area (Å²) in [6, 6.07) is 3.38. The fourth-order valence-corrected chi connectivity index (χ4v) is 3.09. The number of amides is 1. The number of hydrogen-bond acceptors (Lipinski definition) is 4. The molecule has 8 nitrogen and oxygen atoms in total. The number of carbonyl (C=O) groups excluding carboxylic acids is 1. The highest BCUT2D eigenvalue weighted by Crippen LogP contribution is 2.32. The monoisotopic (exact) mass is 395 g/mol. The van der Waals surface area contributed by atoms with Crippen LogP contribution in [0.1, 0.15) is 5.56 Å². The van der Waals surface area contributed by atoms with Crippen molar-refractivity contribution in [3.05, 3.63) is 54.9 Å². The number of nitrogens with one attached hydrogen (secondary N) is 1. The van der Waals surface area contributed by atoms with E-state index in [0.29, 0.717) is 15.7 Å². The van der Waals surface area contributed by atoms with Crippen molar-refractivity contribution < 1.29 is 4.79 Å². The van der Waals surface area contributed by atoms with Gasteiger partial charge in [0.1, 0.15) is 6.54 Å². The zero-order valence-corrected chi connectivity index (χ0v) is 15.7. The fourth-order valence-electron chi connectivity index (χ4n) is 2.62. The lowest BCUT2D eigenvalue weighted by molar-refractivity contribution is -0.116. The van der Waals surface area contributed by atoms with Gasteiger partial charge in [0.15, 0.2) is 11.2 Å². The van der Waals surface area contributed by atoms with E-state index >= 15 is 0 Å². The third-order valence-corrected chi connectivity index (χ3v) is 4.88. The topological polar surface area (TPSA) is 90.9 Å². The molecule has 3 rings (SSSR count). The van der Waals surface area contributed by atoms with Crippen LogP contribution in [0.3, 0.4) is 0 Å². The highest BCUT2D eigenvalue weighted by atomic mass is 35.5. The molecule has 0 saturated carbocycles. The number of fused-ring (bicyclic) bond motifs is 1. The van der Waals surface area contributed by atoms with Crippen LogP contribution in [-0.2, 0) is 25.4 Å². The number of anilines is 1. The number of aromatic nitrogens is 4. The molecule has 0 saturated heterocycles. The van der Waals surface area contributed by atoms with Gasteiger partial charge in [-0.15, -0.1) is 0 Å². The average Bonchev–Trinajstić information content (AvgIpc) is 3.02. The molecule has 0 fully saturated rings. The maximum Gasteiger partial charge on any atom is 0.332 e. The number of benzene rings is 1. The van der Waals surface area contributed by atoms with Crippen LogP contribution < -0.4 is 16.6 Å². The summed E-state index contributed by atoms with van der Waals surface area (Å²) in [5, 5.41) is 3.31. The zero-order valence-electron chi connectivity index (χ0n) is 14.2. The summed E-state index contributed by atoms with van der Waals surface area (Å²) in [6.07, 6.45) is 1.34. The first-order valence-corrected chi connectivity index (χ1v) is 8.33. The minimum absolute atomic E-state index is 0.159. The Kier molecular flexibility index (Phi) is 4.64. The summed E-state index contributed by atoms with van der Waals surface area (Å²) in [7, 11) is 2.88. The number of hydrogen-bond donors (Lipinski definition) is 1. The summed E-state index contributed by atoms with van der Waals surface area (Å²) in [5.41, 5.74) is 0.422. The molecule has 1 amide bonds. The Hall–Kier alpha value is -2.58. The first kappa shape index (κ1) is 18.2. The second-order valence-electron chi connectivity index (χ2n) is 5.85. The lowest BCUT2D eigenvalue weighted by atomic mass is 10.2. The fraction of sp³-hybridized carbons (Fsp3) is 0.250. The number of nitrogens with zero attached hydrogens (tertiary/aromatic N) is 4. The number of carbonyl (C=O) groups is 1. The summed E-state index contributed by atoms with van der Waals surface area (Å²) in [4.78, 5) is 40.8. The summed E-state index contributed by atoms with van der Waals surface area (Å²) in [6.45, 7) is 1.60. The minimum Gasteiger partial charge on any atom is -0.322 e. The SMILES string of the molecule is Cc1ccc(Cl)c(NC(=O)Cn2cnc3c2c(=O)n(C)c(=O)n3C)c1Cl. The van der Waals surface area contributed by atoms with E-state index in [4.69, 9.17) is 23.2 Å². The van der Waals surface area contributed by atoms with Gasteiger partial charge in [-0.3, -0.25) is 18.7 Å². The van der Waals surface area contributed by atoms with Gasteiger partial charge in [-0.25, -0.2) is 9.78 Å². The Balaban J connectivity index is 1.98. The van der Waals surface area contributed by atoms with Gasteiger partial charge in [0.2, 0.25) is 5.91 Å². The molecular formula is C16H15Cl2N5O3. The molecule has 0 unspecified atom stereocenters. The molecule has 0 aliphatic carbocycles. The van der Waals surface area contributed by atoms with E-state index in [1.54, 1.807) is 19.1 Å². The van der Waals surface area contributed by atoms with Crippen molar-refractivity contribution in [2.75, 3.05) is 5.32 Å². The maximum absolute atomic E-state index is 12.4. The van der Waals surface area contributed by atoms with E-state index in [0.717, 1.165) is 10.1 Å². The lowest BCUT2D eigenvalue weighted by Gasteiger charge is -2.12. The van der Waals surface area contributed by atoms with Crippen LogP contribution in [0.4, 0.5) is 5.69 Å². The number of rotatable bonds is 3. The van der Waals surface area contributed by atoms with E-state index in [1.165, 1.54) is 29.6 Å². The van der Waals surface area contributed by atoms with Crippen LogP contribution in [0, 0.1) is 6.92 Å². The molecule has 2 heterocycles. The second-order valence-corrected chi connectivity index (χ2v) is 6.64. The Morgan fingerprint density at radius 1 is 1.19 bits per heavy atom. The van der Waals surface area contributed by atoms with E-state index in [-0.39, 0.29) is 17.7 Å². The van der Waals surface area contributed by atoms with E-state index < -0.39 is 17.2 Å². The van der Waals surface area contributed by atoms with Gasteiger partial charge in [0, 0.05) is 14.1 Å². The Morgan fingerprint density at radius 3 is 2.58 bits per heavy atom. The molecule has 0 spiro atoms. The van der Waals surface area contributed by atoms with Gasteiger partial charge >= 0.3 is 5.69 Å². The van der Waals surface area contributed by atoms with E-state index in [2.05, 4.69) is 10.3 Å². The standard InChI is InChI=1S/C16H15Cl2N5O3/c1-8-4-5-9(17)12(11(8)18)20-10(24)6-23-7-19-14-13(23)15(25)22(3)16(26)21(14)2/h4-5,7H,6H2,1-3H3,(H,20,24). The predicted molar refractivity (Wildman–Crippen MR) is 100 cm³/mol. The van der Waals surface area contributed by atoms with Gasteiger partial charge in [-0.2, -0.15) is 0 Å². The van der Waals surface area contributed by atoms with Crippen LogP contribution >= 0.6 is 23.2 Å². The highest BCUT2D eigenvalue weighted by molar-refractivity contribution is 6.40. The molecule has 2 aromatic heterocycles. The minimum atomic E-state index is -0.528. The van der Waals surface area contributed by atoms with Crippen molar-refractivity contribution in [2.45, 2.75) is 13.5 Å². The quantitative estimate of drug-likeness (QED) is 0.730. The molecule has 0 aliphatic heterocycles. The average molecular weight is 396 g/mol. The van der Waals surface area contributed by atoms with Crippen molar-refractivity contribution in [3.63, 3.8) is 0 Å². The van der Waals surface area contributed by atoms with Gasteiger partial charge in [-0.1, -0.05) is 29.3 Å². The largest absolute Gasteiger partial charge is 0.332 e. The van der Waals surface area contributed by atoms with Gasteiger partial charge in [-0.05, 0) is 18.6 Å². The van der Waals surface area contributed by atoms with E-state index in [1.807, 2.05) is 0 Å². The molecule has 0 radical (unpaired) electrons. The first-order valence-electron chi connectivity index (χ1n) is 7.57. The van der Waals surface area contributed by atoms with Crippen LogP contribution in [0.25, 0.3) is 11.2 Å². The number of halogens is 2. The Morgan fingerprint density at radius 2 is 1.88 bits per heavy atom. The second kappa shape index (κ2) is 6.62. The molecule has 26 heavy (non-hydrogen) atoms. The van der Waals surface area contributed by atoms with Crippen LogP contribution in [-0.4, -0.2) is 24.6 Å². The molecule has 0 atom stereocenters. The Bertz CT molecular complexity index is 1160. The van der Waals surface area contributed by atoms with Crippen LogP contribution in [0.15, 0.2) is 28.0 Å². The molecule has 1 N–H and O–H groups in total. The summed E-state index contributed by atoms with van der Waals surface area (Å²) < 4.78 is 3.59. The third kappa shape index (κ3) is 2.91. The smallest absolute Gasteiger partial charge is 0.322 e. The zero-order chi connectivity index (χ0) is 19.2. The maximum atomic E-state index is 12.4. The summed E-state index contributed by atoms with van der Waals surface area (Å²) >= 11 is 12.3. The third-order valence-electron chi connectivity index (χ3n) is 4.08. The van der Waals surface area contributed by atoms with Crippen molar-refractivity contribution in [1.82, 2.24) is 18.7 Å². The molecule has 3 aromatic rings. The number of aryl methyl sites for hydroxylation is 2. The van der Waals surface area contributed by atoms with Crippen molar-refractivity contribution >= 4 is 46.0 Å². The molecule has 0 bridgehead atoms. The Labute approximate surface area is 157 Å². The van der Waals surface area contributed by atoms with Gasteiger partial charge in [0.25, 0.3) is 5.56 Å². The van der Waals surface area contributed by atoms with Crippen LogP contribution in [0.2, 0.25) is 10.0 Å². The summed E-state index contributed by atoms with van der Waals surface area (Å²) in [5.74, 6) is -0.436. The highest BCUT2D eigenvalue weighted by Gasteiger charge is 2.17. The molecule has 10 heteroatoms. The lowest BCUT2D eigenvalue weighted by Crippen LogP contribution is -2.37. The number of imidazole rings is 1. The molecular weight excluding hydrogens is 381 g/mol. The van der Waals surface area contributed by atoms with Gasteiger partial charge < -0.3 is 9.88 Å². The molecule has 1 aromatic carbocycles. The first-order chi connectivity index (χ1) is 12.2. The van der Waals surface area contributed by atoms with Crippen molar-refractivity contribution in [3.8, 4) is 0 Å². The normalized spacial score (nSPS) is 11.1. The van der Waals surface area contributed by atoms with Crippen LogP contribution in [0.5, 0.6) is 0 Å². The molecule has 0 aliphatic rings. The van der Waals surface area contributed by atoms with Gasteiger partial charge in [0.05, 0.1) is 22.1 Å². The molecule has 136 valence electrons.